The molecule has 0 radical (unpaired) electrons. The first-order valence-electron chi connectivity index (χ1n) is 7.44. The average Bonchev–Trinajstić information content (AvgIpc) is 2.65. The van der Waals surface area contributed by atoms with E-state index in [1.165, 1.54) is 4.90 Å². The van der Waals surface area contributed by atoms with Gasteiger partial charge in [0.1, 0.15) is 0 Å². The highest BCUT2D eigenvalue weighted by atomic mass is 16.2. The molecule has 3 atom stereocenters. The zero-order chi connectivity index (χ0) is 14.4. The SMILES string of the molecule is Cc1ccc(C)c(N2C(=O)[C@@H]3CC[C@@H](C)C[C@H]3C2=O)c1. The van der Waals surface area contributed by atoms with Crippen LogP contribution in [0.5, 0.6) is 0 Å². The number of imide groups is 1. The zero-order valence-electron chi connectivity index (χ0n) is 12.3. The molecule has 2 fully saturated rings. The van der Waals surface area contributed by atoms with E-state index in [4.69, 9.17) is 0 Å². The smallest absolute Gasteiger partial charge is 0.237 e. The van der Waals surface area contributed by atoms with Gasteiger partial charge in [0, 0.05) is 0 Å². The molecule has 0 N–H and O–H groups in total. The molecule has 3 rings (SSSR count). The van der Waals surface area contributed by atoms with Crippen LogP contribution in [0.3, 0.4) is 0 Å². The first-order chi connectivity index (χ1) is 9.49. The number of aryl methyl sites for hydroxylation is 2. The lowest BCUT2D eigenvalue weighted by Gasteiger charge is -2.25. The summed E-state index contributed by atoms with van der Waals surface area (Å²) in [6, 6.07) is 5.95. The molecule has 0 unspecified atom stereocenters. The maximum atomic E-state index is 12.7. The van der Waals surface area contributed by atoms with Crippen LogP contribution in [0.2, 0.25) is 0 Å². The highest BCUT2D eigenvalue weighted by Gasteiger charge is 2.50. The van der Waals surface area contributed by atoms with Crippen molar-refractivity contribution in [1.29, 1.82) is 0 Å². The third-order valence-corrected chi connectivity index (χ3v) is 4.79. The van der Waals surface area contributed by atoms with Crippen molar-refractivity contribution < 1.29 is 9.59 Å². The van der Waals surface area contributed by atoms with Crippen LogP contribution in [0.15, 0.2) is 18.2 Å². The summed E-state index contributed by atoms with van der Waals surface area (Å²) >= 11 is 0. The number of amides is 2. The normalized spacial score (nSPS) is 29.8. The molecule has 1 aliphatic carbocycles. The number of carbonyl (C=O) groups is 2. The van der Waals surface area contributed by atoms with Crippen LogP contribution in [0.1, 0.15) is 37.3 Å². The van der Waals surface area contributed by atoms with Gasteiger partial charge in [0.25, 0.3) is 0 Å². The third kappa shape index (κ3) is 1.96. The molecular weight excluding hydrogens is 250 g/mol. The van der Waals surface area contributed by atoms with Crippen LogP contribution >= 0.6 is 0 Å². The fraction of sp³-hybridized carbons (Fsp3) is 0.529. The Labute approximate surface area is 120 Å². The second-order valence-corrected chi connectivity index (χ2v) is 6.43. The fourth-order valence-electron chi connectivity index (χ4n) is 3.59. The van der Waals surface area contributed by atoms with Crippen molar-refractivity contribution in [2.75, 3.05) is 4.90 Å². The summed E-state index contributed by atoms with van der Waals surface area (Å²) in [7, 11) is 0. The largest absolute Gasteiger partial charge is 0.274 e. The zero-order valence-corrected chi connectivity index (χ0v) is 12.3. The quantitative estimate of drug-likeness (QED) is 0.735. The summed E-state index contributed by atoms with van der Waals surface area (Å²) in [5, 5.41) is 0. The Morgan fingerprint density at radius 1 is 1.05 bits per heavy atom. The molecule has 1 heterocycles. The second kappa shape index (κ2) is 4.72. The number of hydrogen-bond acceptors (Lipinski definition) is 2. The molecule has 0 bridgehead atoms. The average molecular weight is 271 g/mol. The molecule has 3 heteroatoms. The number of carbonyl (C=O) groups excluding carboxylic acids is 2. The lowest BCUT2D eigenvalue weighted by Crippen LogP contribution is -2.31. The Balaban J connectivity index is 2.00. The molecule has 1 aromatic rings. The highest BCUT2D eigenvalue weighted by molar-refractivity contribution is 6.22. The molecule has 2 amide bonds. The minimum absolute atomic E-state index is 0.0141. The Morgan fingerprint density at radius 3 is 2.50 bits per heavy atom. The molecule has 1 aliphatic heterocycles. The minimum Gasteiger partial charge on any atom is -0.274 e. The predicted molar refractivity (Wildman–Crippen MR) is 78.4 cm³/mol. The van der Waals surface area contributed by atoms with Gasteiger partial charge < -0.3 is 0 Å². The predicted octanol–water partition coefficient (Wildman–Crippen LogP) is 3.23. The molecule has 1 saturated carbocycles. The first kappa shape index (κ1) is 13.3. The summed E-state index contributed by atoms with van der Waals surface area (Å²) in [5.74, 6) is 0.400. The van der Waals surface area contributed by atoms with Crippen molar-refractivity contribution in [3.63, 3.8) is 0 Å². The van der Waals surface area contributed by atoms with Crippen molar-refractivity contribution in [2.24, 2.45) is 17.8 Å². The van der Waals surface area contributed by atoms with Gasteiger partial charge in [-0.2, -0.15) is 0 Å². The van der Waals surface area contributed by atoms with Crippen LogP contribution in [0.25, 0.3) is 0 Å². The first-order valence-corrected chi connectivity index (χ1v) is 7.44. The number of fused-ring (bicyclic) bond motifs is 1. The molecule has 0 aromatic heterocycles. The van der Waals surface area contributed by atoms with Gasteiger partial charge in [0.15, 0.2) is 0 Å². The van der Waals surface area contributed by atoms with Crippen LogP contribution in [-0.4, -0.2) is 11.8 Å². The third-order valence-electron chi connectivity index (χ3n) is 4.79. The number of nitrogens with zero attached hydrogens (tertiary/aromatic N) is 1. The Bertz CT molecular complexity index is 578. The van der Waals surface area contributed by atoms with Crippen LogP contribution in [-0.2, 0) is 9.59 Å². The molecule has 1 saturated heterocycles. The van der Waals surface area contributed by atoms with Gasteiger partial charge >= 0.3 is 0 Å². The van der Waals surface area contributed by atoms with Crippen LogP contribution in [0, 0.1) is 31.6 Å². The van der Waals surface area contributed by atoms with Crippen LogP contribution in [0.4, 0.5) is 5.69 Å². The lowest BCUT2D eigenvalue weighted by atomic mass is 9.76. The maximum Gasteiger partial charge on any atom is 0.237 e. The van der Waals surface area contributed by atoms with E-state index in [-0.39, 0.29) is 23.7 Å². The van der Waals surface area contributed by atoms with E-state index >= 15 is 0 Å². The summed E-state index contributed by atoms with van der Waals surface area (Å²) in [6.45, 7) is 6.12. The minimum atomic E-state index is -0.0915. The van der Waals surface area contributed by atoms with E-state index in [0.29, 0.717) is 5.92 Å². The number of rotatable bonds is 1. The Morgan fingerprint density at radius 2 is 1.75 bits per heavy atom. The van der Waals surface area contributed by atoms with Gasteiger partial charge in [-0.25, -0.2) is 4.90 Å². The van der Waals surface area contributed by atoms with Gasteiger partial charge in [-0.3, -0.25) is 9.59 Å². The molecule has 0 spiro atoms. The van der Waals surface area contributed by atoms with Gasteiger partial charge in [-0.15, -0.1) is 0 Å². The van der Waals surface area contributed by atoms with Gasteiger partial charge in [0.05, 0.1) is 17.5 Å². The summed E-state index contributed by atoms with van der Waals surface area (Å²) in [4.78, 5) is 26.7. The van der Waals surface area contributed by atoms with Crippen molar-refractivity contribution in [3.8, 4) is 0 Å². The molecule has 1 aromatic carbocycles. The Hall–Kier alpha value is -1.64. The van der Waals surface area contributed by atoms with Crippen molar-refractivity contribution in [3.05, 3.63) is 29.3 Å². The van der Waals surface area contributed by atoms with Crippen molar-refractivity contribution >= 4 is 17.5 Å². The topological polar surface area (TPSA) is 37.4 Å². The highest BCUT2D eigenvalue weighted by Crippen LogP contribution is 2.42. The van der Waals surface area contributed by atoms with Crippen molar-refractivity contribution in [1.82, 2.24) is 0 Å². The number of anilines is 1. The molecule has 20 heavy (non-hydrogen) atoms. The molecule has 3 nitrogen and oxygen atoms in total. The number of benzene rings is 1. The monoisotopic (exact) mass is 271 g/mol. The Kier molecular flexibility index (Phi) is 3.15. The van der Waals surface area contributed by atoms with E-state index < -0.39 is 0 Å². The van der Waals surface area contributed by atoms with E-state index in [1.54, 1.807) is 0 Å². The number of hydrogen-bond donors (Lipinski definition) is 0. The van der Waals surface area contributed by atoms with Gasteiger partial charge in [-0.05, 0) is 56.2 Å². The van der Waals surface area contributed by atoms with Crippen molar-refractivity contribution in [2.45, 2.75) is 40.0 Å². The molecule has 106 valence electrons. The summed E-state index contributed by atoms with van der Waals surface area (Å²) in [6.07, 6.45) is 2.77. The van der Waals surface area contributed by atoms with E-state index in [0.717, 1.165) is 36.1 Å². The maximum absolute atomic E-state index is 12.7. The van der Waals surface area contributed by atoms with E-state index in [2.05, 4.69) is 6.92 Å². The molecule has 2 aliphatic rings. The fourth-order valence-corrected chi connectivity index (χ4v) is 3.59. The summed E-state index contributed by atoms with van der Waals surface area (Å²) < 4.78 is 0. The van der Waals surface area contributed by atoms with E-state index in [9.17, 15) is 9.59 Å². The van der Waals surface area contributed by atoms with E-state index in [1.807, 2.05) is 32.0 Å². The standard InChI is InChI=1S/C17H21NO2/c1-10-5-7-13-14(8-10)17(20)18(16(13)19)15-9-11(2)4-6-12(15)3/h4,6,9-10,13-14H,5,7-8H2,1-3H3/t10-,13-,14-/m1/s1. The molecular formula is C17H21NO2. The van der Waals surface area contributed by atoms with Gasteiger partial charge in [-0.1, -0.05) is 19.1 Å². The lowest BCUT2D eigenvalue weighted by molar-refractivity contribution is -0.122. The van der Waals surface area contributed by atoms with Gasteiger partial charge in [0.2, 0.25) is 11.8 Å². The van der Waals surface area contributed by atoms with Crippen LogP contribution < -0.4 is 4.90 Å². The second-order valence-electron chi connectivity index (χ2n) is 6.43. The summed E-state index contributed by atoms with van der Waals surface area (Å²) in [5.41, 5.74) is 2.85.